The van der Waals surface area contributed by atoms with Crippen molar-refractivity contribution in [3.63, 3.8) is 0 Å². The molecule has 0 amide bonds. The summed E-state index contributed by atoms with van der Waals surface area (Å²) >= 11 is 1.66. The molecule has 0 saturated carbocycles. The summed E-state index contributed by atoms with van der Waals surface area (Å²) in [7, 11) is 4.93. The molecule has 0 atom stereocenters. The Bertz CT molecular complexity index is 1190. The SMILES string of the molecule is COC1=C(C)N(C#N)C(C)=C(OC)C1c1cc2c(cnn2Cc2ccc(OC)cc2)s1. The first-order valence-corrected chi connectivity index (χ1v) is 10.6. The molecule has 3 heterocycles. The van der Waals surface area contributed by atoms with Gasteiger partial charge in [0.15, 0.2) is 6.19 Å². The third kappa shape index (κ3) is 3.51. The smallest absolute Gasteiger partial charge is 0.188 e. The van der Waals surface area contributed by atoms with E-state index in [4.69, 9.17) is 14.2 Å². The quantitative estimate of drug-likeness (QED) is 0.517. The van der Waals surface area contributed by atoms with Gasteiger partial charge in [-0.15, -0.1) is 11.3 Å². The molecule has 31 heavy (non-hydrogen) atoms. The lowest BCUT2D eigenvalue weighted by Gasteiger charge is -2.32. The van der Waals surface area contributed by atoms with Crippen LogP contribution in [-0.4, -0.2) is 36.0 Å². The zero-order valence-corrected chi connectivity index (χ0v) is 19.0. The van der Waals surface area contributed by atoms with Crippen LogP contribution in [0.2, 0.25) is 0 Å². The van der Waals surface area contributed by atoms with Gasteiger partial charge in [-0.1, -0.05) is 12.1 Å². The Labute approximate surface area is 185 Å². The molecular weight excluding hydrogens is 412 g/mol. The van der Waals surface area contributed by atoms with Crippen LogP contribution >= 0.6 is 11.3 Å². The van der Waals surface area contributed by atoms with Gasteiger partial charge in [-0.05, 0) is 37.6 Å². The molecule has 0 radical (unpaired) electrons. The van der Waals surface area contributed by atoms with E-state index in [1.165, 1.54) is 0 Å². The average molecular weight is 437 g/mol. The monoisotopic (exact) mass is 436 g/mol. The third-order valence-electron chi connectivity index (χ3n) is 5.58. The molecule has 0 aliphatic carbocycles. The van der Waals surface area contributed by atoms with E-state index >= 15 is 0 Å². The first-order valence-electron chi connectivity index (χ1n) is 9.79. The summed E-state index contributed by atoms with van der Waals surface area (Å²) in [4.78, 5) is 2.63. The van der Waals surface area contributed by atoms with E-state index in [2.05, 4.69) is 17.4 Å². The van der Waals surface area contributed by atoms with Crippen molar-refractivity contribution >= 4 is 21.6 Å². The fourth-order valence-electron chi connectivity index (χ4n) is 4.01. The zero-order valence-electron chi connectivity index (χ0n) is 18.2. The number of benzene rings is 1. The van der Waals surface area contributed by atoms with Gasteiger partial charge in [-0.3, -0.25) is 4.68 Å². The second-order valence-corrected chi connectivity index (χ2v) is 8.34. The van der Waals surface area contributed by atoms with Gasteiger partial charge in [-0.2, -0.15) is 10.4 Å². The number of methoxy groups -OCH3 is 3. The molecule has 3 aromatic rings. The number of nitrogens with zero attached hydrogens (tertiary/aromatic N) is 4. The minimum atomic E-state index is -0.202. The number of thiophene rings is 1. The highest BCUT2D eigenvalue weighted by Crippen LogP contribution is 2.45. The van der Waals surface area contributed by atoms with Crippen LogP contribution in [-0.2, 0) is 16.0 Å². The van der Waals surface area contributed by atoms with Crippen LogP contribution in [0.15, 0.2) is 59.4 Å². The second-order valence-electron chi connectivity index (χ2n) is 7.22. The topological polar surface area (TPSA) is 72.5 Å². The standard InChI is InChI=1S/C23H24N4O3S/c1-14-22(29-4)21(23(30-5)15(2)26(14)13-24)19-10-18-20(31-19)11-25-27(18)12-16-6-8-17(28-3)9-7-16/h6-11,21H,12H2,1-5H3. The Morgan fingerprint density at radius 1 is 1.03 bits per heavy atom. The number of ether oxygens (including phenoxy) is 3. The first kappa shape index (κ1) is 20.8. The summed E-state index contributed by atoms with van der Waals surface area (Å²) < 4.78 is 19.8. The maximum atomic E-state index is 9.59. The summed E-state index contributed by atoms with van der Waals surface area (Å²) in [5, 5.41) is 14.2. The van der Waals surface area contributed by atoms with Crippen LogP contribution < -0.4 is 4.74 Å². The summed E-state index contributed by atoms with van der Waals surface area (Å²) in [6.45, 7) is 4.45. The molecule has 2 aromatic heterocycles. The van der Waals surface area contributed by atoms with Crippen LogP contribution in [0.25, 0.3) is 10.2 Å². The van der Waals surface area contributed by atoms with E-state index in [1.807, 2.05) is 49.0 Å². The number of nitriles is 1. The van der Waals surface area contributed by atoms with Crippen LogP contribution in [0.1, 0.15) is 30.2 Å². The van der Waals surface area contributed by atoms with Gasteiger partial charge in [0.1, 0.15) is 23.2 Å². The molecule has 4 rings (SSSR count). The number of fused-ring (bicyclic) bond motifs is 1. The van der Waals surface area contributed by atoms with Gasteiger partial charge in [0.25, 0.3) is 0 Å². The Hall–Kier alpha value is -3.44. The molecule has 0 fully saturated rings. The van der Waals surface area contributed by atoms with Crippen LogP contribution in [0.3, 0.4) is 0 Å². The van der Waals surface area contributed by atoms with Gasteiger partial charge in [0.2, 0.25) is 0 Å². The Morgan fingerprint density at radius 3 is 2.23 bits per heavy atom. The third-order valence-corrected chi connectivity index (χ3v) is 6.70. The minimum absolute atomic E-state index is 0.202. The molecule has 0 saturated heterocycles. The highest BCUT2D eigenvalue weighted by molar-refractivity contribution is 7.19. The number of aromatic nitrogens is 2. The molecular formula is C23H24N4O3S. The van der Waals surface area contributed by atoms with E-state index in [0.717, 1.165) is 37.8 Å². The van der Waals surface area contributed by atoms with Crippen molar-refractivity contribution in [1.82, 2.24) is 14.7 Å². The second kappa shape index (κ2) is 8.36. The average Bonchev–Trinajstić information content (AvgIpc) is 3.36. The lowest BCUT2D eigenvalue weighted by Crippen LogP contribution is -2.27. The lowest BCUT2D eigenvalue weighted by atomic mass is 9.95. The van der Waals surface area contributed by atoms with E-state index in [-0.39, 0.29) is 5.92 Å². The largest absolute Gasteiger partial charge is 0.498 e. The zero-order chi connectivity index (χ0) is 22.1. The van der Waals surface area contributed by atoms with Crippen molar-refractivity contribution in [2.75, 3.05) is 21.3 Å². The summed E-state index contributed by atoms with van der Waals surface area (Å²) in [5.74, 6) is 2.05. The molecule has 160 valence electrons. The maximum Gasteiger partial charge on any atom is 0.188 e. The molecule has 0 N–H and O–H groups in total. The van der Waals surface area contributed by atoms with Crippen molar-refractivity contribution in [2.24, 2.45) is 0 Å². The van der Waals surface area contributed by atoms with Crippen molar-refractivity contribution in [3.8, 4) is 11.9 Å². The predicted molar refractivity (Wildman–Crippen MR) is 119 cm³/mol. The van der Waals surface area contributed by atoms with Gasteiger partial charge >= 0.3 is 0 Å². The number of hydrogen-bond donors (Lipinski definition) is 0. The Morgan fingerprint density at radius 2 is 1.68 bits per heavy atom. The number of rotatable bonds is 6. The van der Waals surface area contributed by atoms with Crippen LogP contribution in [0.5, 0.6) is 5.75 Å². The lowest BCUT2D eigenvalue weighted by molar-refractivity contribution is 0.194. The van der Waals surface area contributed by atoms with Crippen molar-refractivity contribution < 1.29 is 14.2 Å². The van der Waals surface area contributed by atoms with E-state index in [0.29, 0.717) is 18.1 Å². The molecule has 8 heteroatoms. The van der Waals surface area contributed by atoms with E-state index in [9.17, 15) is 5.26 Å². The highest BCUT2D eigenvalue weighted by Gasteiger charge is 2.36. The summed E-state index contributed by atoms with van der Waals surface area (Å²) in [6.07, 6.45) is 4.10. The normalized spacial score (nSPS) is 14.9. The van der Waals surface area contributed by atoms with Crippen molar-refractivity contribution in [1.29, 1.82) is 5.26 Å². The van der Waals surface area contributed by atoms with Gasteiger partial charge in [0, 0.05) is 4.88 Å². The first-order chi connectivity index (χ1) is 15.0. The molecule has 7 nitrogen and oxygen atoms in total. The fraction of sp³-hybridized carbons (Fsp3) is 0.304. The van der Waals surface area contributed by atoms with E-state index < -0.39 is 0 Å². The van der Waals surface area contributed by atoms with Gasteiger partial charge < -0.3 is 14.2 Å². The predicted octanol–water partition coefficient (Wildman–Crippen LogP) is 4.79. The van der Waals surface area contributed by atoms with Crippen LogP contribution in [0.4, 0.5) is 0 Å². The number of allylic oxidation sites excluding steroid dienone is 2. The van der Waals surface area contributed by atoms with E-state index in [1.54, 1.807) is 37.6 Å². The van der Waals surface area contributed by atoms with Gasteiger partial charge in [0.05, 0.1) is 55.7 Å². The highest BCUT2D eigenvalue weighted by atomic mass is 32.1. The Balaban J connectivity index is 1.74. The summed E-state index contributed by atoms with van der Waals surface area (Å²) in [6, 6.07) is 10.1. The maximum absolute atomic E-state index is 9.59. The minimum Gasteiger partial charge on any atom is -0.498 e. The fourth-order valence-corrected chi connectivity index (χ4v) is 5.14. The summed E-state index contributed by atoms with van der Waals surface area (Å²) in [5.41, 5.74) is 3.73. The molecule has 0 bridgehead atoms. The molecule has 0 spiro atoms. The van der Waals surface area contributed by atoms with Crippen molar-refractivity contribution in [2.45, 2.75) is 26.3 Å². The molecule has 1 aromatic carbocycles. The molecule has 1 aliphatic heterocycles. The van der Waals surface area contributed by atoms with Gasteiger partial charge in [-0.25, -0.2) is 4.90 Å². The molecule has 1 aliphatic rings. The van der Waals surface area contributed by atoms with Crippen LogP contribution in [0, 0.1) is 11.5 Å². The number of hydrogen-bond acceptors (Lipinski definition) is 7. The molecule has 0 unspecified atom stereocenters. The van der Waals surface area contributed by atoms with Crippen molar-refractivity contribution in [3.05, 3.63) is 69.9 Å². The Kier molecular flexibility index (Phi) is 5.61.